The second-order valence-corrected chi connectivity index (χ2v) is 5.74. The lowest BCUT2D eigenvalue weighted by Crippen LogP contribution is -2.65. The molecule has 0 radical (unpaired) electrons. The Bertz CT molecular complexity index is 525. The molecular formula is C15H20N2O. The Morgan fingerprint density at radius 1 is 1.50 bits per heavy atom. The molecule has 0 saturated carbocycles. The molecule has 1 aromatic rings. The first-order chi connectivity index (χ1) is 8.51. The Hall–Kier alpha value is -1.19. The summed E-state index contributed by atoms with van der Waals surface area (Å²) in [6.45, 7) is 4.12. The molecule has 0 fully saturated rings. The zero-order valence-corrected chi connectivity index (χ0v) is 11.0. The standard InChI is InChI=1S/C15H20N2O/c1-3-15(18)11-7-10(2)9-14(15,16)12-5-4-6-17-13(12)8-11/h4-6,9,11,18H,3,7-8,16H2,1-2H3/t11-,14-,15-/m0/s1. The van der Waals surface area contributed by atoms with Crippen LogP contribution in [0.4, 0.5) is 0 Å². The molecule has 1 heterocycles. The van der Waals surface area contributed by atoms with Crippen LogP contribution in [0.15, 0.2) is 30.0 Å². The molecule has 3 N–H and O–H groups in total. The fourth-order valence-electron chi connectivity index (χ4n) is 3.81. The second kappa shape index (κ2) is 3.65. The average molecular weight is 244 g/mol. The average Bonchev–Trinajstić information content (AvgIpc) is 2.34. The number of hydrogen-bond acceptors (Lipinski definition) is 3. The summed E-state index contributed by atoms with van der Waals surface area (Å²) in [5, 5.41) is 11.1. The zero-order chi connectivity index (χ0) is 13.0. The molecule has 0 saturated heterocycles. The van der Waals surface area contributed by atoms with Gasteiger partial charge in [0.15, 0.2) is 0 Å². The third-order valence-corrected chi connectivity index (χ3v) is 4.75. The van der Waals surface area contributed by atoms with Crippen molar-refractivity contribution in [3.8, 4) is 0 Å². The van der Waals surface area contributed by atoms with Gasteiger partial charge < -0.3 is 10.8 Å². The summed E-state index contributed by atoms with van der Waals surface area (Å²) >= 11 is 0. The van der Waals surface area contributed by atoms with Crippen LogP contribution < -0.4 is 5.73 Å². The molecule has 3 nitrogen and oxygen atoms in total. The second-order valence-electron chi connectivity index (χ2n) is 5.74. The molecule has 18 heavy (non-hydrogen) atoms. The van der Waals surface area contributed by atoms with E-state index in [1.165, 1.54) is 5.57 Å². The van der Waals surface area contributed by atoms with Crippen molar-refractivity contribution in [3.63, 3.8) is 0 Å². The van der Waals surface area contributed by atoms with E-state index >= 15 is 0 Å². The lowest BCUT2D eigenvalue weighted by molar-refractivity contribution is -0.0883. The first kappa shape index (κ1) is 11.9. The van der Waals surface area contributed by atoms with Crippen LogP contribution >= 0.6 is 0 Å². The number of nitrogens with zero attached hydrogens (tertiary/aromatic N) is 1. The van der Waals surface area contributed by atoms with Crippen molar-refractivity contribution < 1.29 is 5.11 Å². The minimum absolute atomic E-state index is 0.180. The molecule has 1 aromatic heterocycles. The number of aromatic nitrogens is 1. The number of aliphatic hydroxyl groups is 1. The summed E-state index contributed by atoms with van der Waals surface area (Å²) < 4.78 is 0. The van der Waals surface area contributed by atoms with Crippen LogP contribution in [0.5, 0.6) is 0 Å². The van der Waals surface area contributed by atoms with E-state index < -0.39 is 11.1 Å². The molecule has 2 bridgehead atoms. The number of allylic oxidation sites excluding steroid dienone is 1. The molecule has 0 aromatic carbocycles. The lowest BCUT2D eigenvalue weighted by Gasteiger charge is -2.54. The van der Waals surface area contributed by atoms with E-state index in [4.69, 9.17) is 5.73 Å². The minimum atomic E-state index is -0.845. The monoisotopic (exact) mass is 244 g/mol. The molecular weight excluding hydrogens is 224 g/mol. The Morgan fingerprint density at radius 3 is 3.00 bits per heavy atom. The lowest BCUT2D eigenvalue weighted by atomic mass is 9.56. The quantitative estimate of drug-likeness (QED) is 0.742. The van der Waals surface area contributed by atoms with E-state index in [0.717, 1.165) is 24.1 Å². The first-order valence-corrected chi connectivity index (χ1v) is 6.65. The maximum Gasteiger partial charge on any atom is 0.0937 e. The third kappa shape index (κ3) is 1.29. The molecule has 3 heteroatoms. The van der Waals surface area contributed by atoms with Gasteiger partial charge in [-0.05, 0) is 38.2 Å². The van der Waals surface area contributed by atoms with Crippen LogP contribution in [0.1, 0.15) is 37.9 Å². The van der Waals surface area contributed by atoms with Crippen molar-refractivity contribution in [2.24, 2.45) is 11.7 Å². The summed E-state index contributed by atoms with van der Waals surface area (Å²) in [6, 6.07) is 3.91. The summed E-state index contributed by atoms with van der Waals surface area (Å²) in [4.78, 5) is 4.45. The van der Waals surface area contributed by atoms with Crippen molar-refractivity contribution in [1.29, 1.82) is 0 Å². The minimum Gasteiger partial charge on any atom is -0.387 e. The number of rotatable bonds is 1. The van der Waals surface area contributed by atoms with Crippen LogP contribution in [0, 0.1) is 5.92 Å². The topological polar surface area (TPSA) is 59.1 Å². The Labute approximate surface area is 108 Å². The van der Waals surface area contributed by atoms with Gasteiger partial charge in [-0.3, -0.25) is 4.98 Å². The van der Waals surface area contributed by atoms with Gasteiger partial charge in [-0.2, -0.15) is 0 Å². The van der Waals surface area contributed by atoms with Crippen molar-refractivity contribution in [1.82, 2.24) is 4.98 Å². The molecule has 0 aliphatic heterocycles. The van der Waals surface area contributed by atoms with Gasteiger partial charge in [-0.15, -0.1) is 0 Å². The van der Waals surface area contributed by atoms with E-state index in [1.54, 1.807) is 0 Å². The predicted octanol–water partition coefficient (Wildman–Crippen LogP) is 1.90. The van der Waals surface area contributed by atoms with Gasteiger partial charge in [0, 0.05) is 17.5 Å². The van der Waals surface area contributed by atoms with Crippen molar-refractivity contribution in [2.45, 2.75) is 44.2 Å². The van der Waals surface area contributed by atoms with Crippen molar-refractivity contribution in [3.05, 3.63) is 41.2 Å². The maximum atomic E-state index is 11.1. The van der Waals surface area contributed by atoms with Gasteiger partial charge in [-0.1, -0.05) is 24.6 Å². The van der Waals surface area contributed by atoms with Gasteiger partial charge in [-0.25, -0.2) is 0 Å². The number of nitrogens with two attached hydrogens (primary N) is 1. The van der Waals surface area contributed by atoms with Gasteiger partial charge in [0.2, 0.25) is 0 Å². The first-order valence-electron chi connectivity index (χ1n) is 6.65. The molecule has 0 unspecified atom stereocenters. The maximum absolute atomic E-state index is 11.1. The van der Waals surface area contributed by atoms with Crippen molar-refractivity contribution in [2.75, 3.05) is 0 Å². The van der Waals surface area contributed by atoms with Crippen LogP contribution in [-0.2, 0) is 12.0 Å². The van der Waals surface area contributed by atoms with Crippen LogP contribution in [0.3, 0.4) is 0 Å². The van der Waals surface area contributed by atoms with Gasteiger partial charge in [0.1, 0.15) is 0 Å². The van der Waals surface area contributed by atoms with E-state index in [0.29, 0.717) is 6.42 Å². The van der Waals surface area contributed by atoms with Crippen LogP contribution in [0.2, 0.25) is 0 Å². The number of fused-ring (bicyclic) bond motifs is 4. The highest BCUT2D eigenvalue weighted by Gasteiger charge is 2.57. The molecule has 2 aliphatic rings. The summed E-state index contributed by atoms with van der Waals surface area (Å²) in [5.41, 5.74) is 8.31. The molecule has 0 spiro atoms. The Balaban J connectivity index is 2.29. The molecule has 2 aliphatic carbocycles. The predicted molar refractivity (Wildman–Crippen MR) is 70.9 cm³/mol. The smallest absolute Gasteiger partial charge is 0.0937 e. The highest BCUT2D eigenvalue weighted by molar-refractivity contribution is 5.44. The highest BCUT2D eigenvalue weighted by atomic mass is 16.3. The summed E-state index contributed by atoms with van der Waals surface area (Å²) in [5.74, 6) is 0.180. The van der Waals surface area contributed by atoms with E-state index in [1.807, 2.05) is 31.3 Å². The Kier molecular flexibility index (Phi) is 2.41. The summed E-state index contributed by atoms with van der Waals surface area (Å²) in [6.07, 6.45) is 6.27. The normalized spacial score (nSPS) is 38.0. The fraction of sp³-hybridized carbons (Fsp3) is 0.533. The van der Waals surface area contributed by atoms with Crippen LogP contribution in [0.25, 0.3) is 0 Å². The van der Waals surface area contributed by atoms with Gasteiger partial charge in [0.25, 0.3) is 0 Å². The zero-order valence-electron chi connectivity index (χ0n) is 11.0. The largest absolute Gasteiger partial charge is 0.387 e. The molecule has 3 atom stereocenters. The Morgan fingerprint density at radius 2 is 2.28 bits per heavy atom. The van der Waals surface area contributed by atoms with Gasteiger partial charge >= 0.3 is 0 Å². The SMILES string of the molecule is CC[C@]1(O)[C@H]2CC(C)=C[C@]1(N)c1cccnc1C2. The van der Waals surface area contributed by atoms with E-state index in [2.05, 4.69) is 11.9 Å². The fourth-order valence-corrected chi connectivity index (χ4v) is 3.81. The van der Waals surface area contributed by atoms with Crippen molar-refractivity contribution >= 4 is 0 Å². The van der Waals surface area contributed by atoms with Crippen LogP contribution in [-0.4, -0.2) is 15.7 Å². The number of pyridine rings is 1. The van der Waals surface area contributed by atoms with E-state index in [9.17, 15) is 5.11 Å². The molecule has 0 amide bonds. The van der Waals surface area contributed by atoms with E-state index in [-0.39, 0.29) is 5.92 Å². The highest BCUT2D eigenvalue weighted by Crippen LogP contribution is 2.51. The van der Waals surface area contributed by atoms with Gasteiger partial charge in [0.05, 0.1) is 11.1 Å². The molecule has 96 valence electrons. The third-order valence-electron chi connectivity index (χ3n) is 4.75. The number of hydrogen-bond donors (Lipinski definition) is 2. The molecule has 3 rings (SSSR count). The summed E-state index contributed by atoms with van der Waals surface area (Å²) in [7, 11) is 0.